The fourth-order valence-electron chi connectivity index (χ4n) is 3.89. The minimum atomic E-state index is -1.28. The molecule has 1 rings (SSSR count). The summed E-state index contributed by atoms with van der Waals surface area (Å²) in [4.78, 5) is 36.4. The monoisotopic (exact) mass is 490 g/mol. The van der Waals surface area contributed by atoms with E-state index in [1.165, 1.54) is 56.7 Å². The summed E-state index contributed by atoms with van der Waals surface area (Å²) in [7, 11) is 0. The van der Waals surface area contributed by atoms with Crippen LogP contribution in [0.5, 0.6) is 0 Å². The van der Waals surface area contributed by atoms with Crippen molar-refractivity contribution in [3.05, 3.63) is 34.9 Å². The smallest absolute Gasteiger partial charge is 0.339 e. The van der Waals surface area contributed by atoms with E-state index in [0.29, 0.717) is 6.61 Å². The van der Waals surface area contributed by atoms with Crippen LogP contribution in [0, 0.1) is 11.8 Å². The molecule has 6 nitrogen and oxygen atoms in total. The summed E-state index contributed by atoms with van der Waals surface area (Å²) in [5.74, 6) is -1.08. The lowest BCUT2D eigenvalue weighted by atomic mass is 10.0. The van der Waals surface area contributed by atoms with Gasteiger partial charge in [-0.2, -0.15) is 0 Å². The van der Waals surface area contributed by atoms with Crippen molar-refractivity contribution in [2.45, 2.75) is 105 Å². The van der Waals surface area contributed by atoms with Crippen LogP contribution in [0.25, 0.3) is 0 Å². The topological polar surface area (TPSA) is 89.9 Å². The molecule has 0 heterocycles. The fourth-order valence-corrected chi connectivity index (χ4v) is 3.89. The van der Waals surface area contributed by atoms with Gasteiger partial charge >= 0.3 is 17.9 Å². The van der Waals surface area contributed by atoms with E-state index in [2.05, 4.69) is 27.7 Å². The highest BCUT2D eigenvalue weighted by Gasteiger charge is 2.20. The lowest BCUT2D eigenvalue weighted by Crippen LogP contribution is -2.15. The highest BCUT2D eigenvalue weighted by molar-refractivity contribution is 6.04. The Labute approximate surface area is 211 Å². The second-order valence-electron chi connectivity index (χ2n) is 10.2. The molecule has 6 heteroatoms. The first-order valence-electron chi connectivity index (χ1n) is 13.4. The van der Waals surface area contributed by atoms with Crippen molar-refractivity contribution in [2.24, 2.45) is 11.8 Å². The Morgan fingerprint density at radius 1 is 0.657 bits per heavy atom. The SMILES string of the molecule is CC(C)CCCCCCCOC(=O)c1ccc(C(=O)OCCCCCCCC(C)C)c(C(=O)O)c1. The lowest BCUT2D eigenvalue weighted by Gasteiger charge is -2.10. The molecular weight excluding hydrogens is 444 g/mol. The number of carboxylic acid groups (broad SMARTS) is 1. The van der Waals surface area contributed by atoms with Crippen LogP contribution in [-0.2, 0) is 9.47 Å². The Morgan fingerprint density at radius 3 is 1.60 bits per heavy atom. The van der Waals surface area contributed by atoms with Crippen molar-refractivity contribution in [1.29, 1.82) is 0 Å². The Balaban J connectivity index is 2.42. The first-order chi connectivity index (χ1) is 16.7. The summed E-state index contributed by atoms with van der Waals surface area (Å²) in [5.41, 5.74) is -0.173. The van der Waals surface area contributed by atoms with Gasteiger partial charge in [-0.15, -0.1) is 0 Å². The van der Waals surface area contributed by atoms with E-state index in [0.717, 1.165) is 50.4 Å². The van der Waals surface area contributed by atoms with Gasteiger partial charge in [0.15, 0.2) is 0 Å². The molecule has 0 aliphatic rings. The second kappa shape index (κ2) is 18.0. The molecule has 0 saturated heterocycles. The molecule has 1 N–H and O–H groups in total. The normalized spacial score (nSPS) is 11.1. The number of carbonyl (C=O) groups excluding carboxylic acids is 2. The van der Waals surface area contributed by atoms with Gasteiger partial charge in [-0.3, -0.25) is 0 Å². The van der Waals surface area contributed by atoms with Crippen molar-refractivity contribution in [3.8, 4) is 0 Å². The molecule has 0 bridgehead atoms. The van der Waals surface area contributed by atoms with E-state index in [4.69, 9.17) is 9.47 Å². The maximum atomic E-state index is 12.4. The number of rotatable bonds is 19. The molecular formula is C29H46O6. The number of ether oxygens (including phenoxy) is 2. The van der Waals surface area contributed by atoms with Gasteiger partial charge in [0.2, 0.25) is 0 Å². The van der Waals surface area contributed by atoms with Crippen molar-refractivity contribution >= 4 is 17.9 Å². The predicted molar refractivity (Wildman–Crippen MR) is 139 cm³/mol. The van der Waals surface area contributed by atoms with E-state index in [1.54, 1.807) is 0 Å². The molecule has 0 aliphatic carbocycles. The Morgan fingerprint density at radius 2 is 1.11 bits per heavy atom. The van der Waals surface area contributed by atoms with Gasteiger partial charge in [-0.05, 0) is 42.9 Å². The van der Waals surface area contributed by atoms with E-state index in [-0.39, 0.29) is 23.3 Å². The number of aromatic carboxylic acids is 1. The minimum absolute atomic E-state index is 0.0487. The number of benzene rings is 1. The highest BCUT2D eigenvalue weighted by atomic mass is 16.5. The summed E-state index contributed by atoms with van der Waals surface area (Å²) in [6.45, 7) is 9.44. The maximum absolute atomic E-state index is 12.4. The average molecular weight is 491 g/mol. The molecule has 0 fully saturated rings. The Bertz CT molecular complexity index is 768. The Kier molecular flexibility index (Phi) is 15.7. The molecule has 0 saturated carbocycles. The van der Waals surface area contributed by atoms with Crippen LogP contribution in [0.2, 0.25) is 0 Å². The standard InChI is InChI=1S/C29H46O6/c1-22(2)15-11-7-5-9-13-19-34-28(32)24-17-18-25(26(21-24)27(30)31)29(33)35-20-14-10-6-8-12-16-23(3)4/h17-18,21-23H,5-16,19-20H2,1-4H3,(H,30,31). The molecule has 0 unspecified atom stereocenters. The van der Waals surface area contributed by atoms with Crippen molar-refractivity contribution in [2.75, 3.05) is 13.2 Å². The first-order valence-corrected chi connectivity index (χ1v) is 13.4. The second-order valence-corrected chi connectivity index (χ2v) is 10.2. The third-order valence-corrected chi connectivity index (χ3v) is 6.02. The summed E-state index contributed by atoms with van der Waals surface area (Å²) < 4.78 is 10.6. The largest absolute Gasteiger partial charge is 0.478 e. The zero-order valence-electron chi connectivity index (χ0n) is 22.3. The number of unbranched alkanes of at least 4 members (excludes halogenated alkanes) is 8. The van der Waals surface area contributed by atoms with Gasteiger partial charge in [0.1, 0.15) is 0 Å². The Hall–Kier alpha value is -2.37. The minimum Gasteiger partial charge on any atom is -0.478 e. The van der Waals surface area contributed by atoms with Gasteiger partial charge in [-0.25, -0.2) is 14.4 Å². The first kappa shape index (κ1) is 30.7. The zero-order valence-corrected chi connectivity index (χ0v) is 22.3. The van der Waals surface area contributed by atoms with E-state index >= 15 is 0 Å². The number of hydrogen-bond donors (Lipinski definition) is 1. The quantitative estimate of drug-likeness (QED) is 0.158. The van der Waals surface area contributed by atoms with E-state index in [1.807, 2.05) is 0 Å². The van der Waals surface area contributed by atoms with E-state index in [9.17, 15) is 19.5 Å². The molecule has 0 atom stereocenters. The summed E-state index contributed by atoms with van der Waals surface area (Å²) in [6.07, 6.45) is 13.0. The molecule has 0 aliphatic heterocycles. The fraction of sp³-hybridized carbons (Fsp3) is 0.690. The molecule has 0 radical (unpaired) electrons. The third-order valence-electron chi connectivity index (χ3n) is 6.02. The summed E-state index contributed by atoms with van der Waals surface area (Å²) in [5, 5.41) is 9.54. The third kappa shape index (κ3) is 13.9. The van der Waals surface area contributed by atoms with Crippen molar-refractivity contribution in [3.63, 3.8) is 0 Å². The summed E-state index contributed by atoms with van der Waals surface area (Å²) >= 11 is 0. The maximum Gasteiger partial charge on any atom is 0.339 e. The number of esters is 2. The van der Waals surface area contributed by atoms with Crippen LogP contribution in [0.1, 0.15) is 136 Å². The highest BCUT2D eigenvalue weighted by Crippen LogP contribution is 2.17. The van der Waals surface area contributed by atoms with Gasteiger partial charge in [0.05, 0.1) is 29.9 Å². The summed E-state index contributed by atoms with van der Waals surface area (Å²) in [6, 6.07) is 3.96. The number of hydrogen-bond acceptors (Lipinski definition) is 5. The molecule has 198 valence electrons. The average Bonchev–Trinajstić information content (AvgIpc) is 2.81. The molecule has 35 heavy (non-hydrogen) atoms. The molecule has 1 aromatic carbocycles. The van der Waals surface area contributed by atoms with Crippen molar-refractivity contribution in [1.82, 2.24) is 0 Å². The van der Waals surface area contributed by atoms with Crippen molar-refractivity contribution < 1.29 is 29.0 Å². The van der Waals surface area contributed by atoms with Crippen LogP contribution in [0.3, 0.4) is 0 Å². The van der Waals surface area contributed by atoms with Crippen LogP contribution in [-0.4, -0.2) is 36.2 Å². The number of carboxylic acids is 1. The van der Waals surface area contributed by atoms with Gasteiger partial charge in [-0.1, -0.05) is 91.9 Å². The molecule has 0 spiro atoms. The van der Waals surface area contributed by atoms with Gasteiger partial charge in [0, 0.05) is 0 Å². The van der Waals surface area contributed by atoms with Crippen LogP contribution in [0.4, 0.5) is 0 Å². The molecule has 1 aromatic rings. The number of carbonyl (C=O) groups is 3. The van der Waals surface area contributed by atoms with Crippen LogP contribution in [0.15, 0.2) is 18.2 Å². The van der Waals surface area contributed by atoms with Crippen LogP contribution >= 0.6 is 0 Å². The molecule has 0 aromatic heterocycles. The van der Waals surface area contributed by atoms with Crippen LogP contribution < -0.4 is 0 Å². The lowest BCUT2D eigenvalue weighted by molar-refractivity contribution is 0.0477. The van der Waals surface area contributed by atoms with Gasteiger partial charge < -0.3 is 14.6 Å². The predicted octanol–water partition coefficient (Wildman–Crippen LogP) is 7.69. The zero-order chi connectivity index (χ0) is 26.1. The van der Waals surface area contributed by atoms with Gasteiger partial charge in [0.25, 0.3) is 0 Å². The van der Waals surface area contributed by atoms with E-state index < -0.39 is 17.9 Å². The molecule has 0 amide bonds.